The first-order valence-electron chi connectivity index (χ1n) is 8.70. The molecular formula is C20H28O3S. The highest BCUT2D eigenvalue weighted by Gasteiger charge is 2.37. The fourth-order valence-corrected chi connectivity index (χ4v) is 4.50. The molecule has 0 bridgehead atoms. The summed E-state index contributed by atoms with van der Waals surface area (Å²) >= 11 is 1.80. The molecule has 0 saturated heterocycles. The summed E-state index contributed by atoms with van der Waals surface area (Å²) < 4.78 is 11.4. The number of Topliss-reactive ketones (excluding diaryl/α,β-unsaturated/α-hetero) is 1. The van der Waals surface area contributed by atoms with Crippen LogP contribution in [0.4, 0.5) is 0 Å². The maximum Gasteiger partial charge on any atom is 0.133 e. The molecule has 4 heteroatoms. The van der Waals surface area contributed by atoms with Crippen LogP contribution in [0.3, 0.4) is 0 Å². The molecule has 3 unspecified atom stereocenters. The predicted octanol–water partition coefficient (Wildman–Crippen LogP) is 4.86. The van der Waals surface area contributed by atoms with Gasteiger partial charge in [-0.2, -0.15) is 0 Å². The average molecular weight is 349 g/mol. The van der Waals surface area contributed by atoms with Crippen LogP contribution in [0.25, 0.3) is 0 Å². The van der Waals surface area contributed by atoms with Gasteiger partial charge in [-0.05, 0) is 37.5 Å². The number of rotatable bonds is 8. The number of hydrogen-bond acceptors (Lipinski definition) is 4. The smallest absolute Gasteiger partial charge is 0.133 e. The molecule has 0 aromatic heterocycles. The Morgan fingerprint density at radius 3 is 2.79 bits per heavy atom. The van der Waals surface area contributed by atoms with Gasteiger partial charge in [-0.1, -0.05) is 25.1 Å². The fraction of sp³-hybridized carbons (Fsp3) is 0.550. The van der Waals surface area contributed by atoms with E-state index in [2.05, 4.69) is 26.0 Å². The second kappa shape index (κ2) is 9.90. The monoisotopic (exact) mass is 348 g/mol. The van der Waals surface area contributed by atoms with Crippen LogP contribution >= 0.6 is 11.8 Å². The van der Waals surface area contributed by atoms with Crippen molar-refractivity contribution >= 4 is 17.5 Å². The van der Waals surface area contributed by atoms with Gasteiger partial charge >= 0.3 is 0 Å². The molecule has 1 aromatic rings. The summed E-state index contributed by atoms with van der Waals surface area (Å²) in [6.45, 7) is 4.96. The van der Waals surface area contributed by atoms with Crippen LogP contribution in [-0.2, 0) is 14.3 Å². The lowest BCUT2D eigenvalue weighted by molar-refractivity contribution is -0.126. The predicted molar refractivity (Wildman–Crippen MR) is 99.2 cm³/mol. The number of carbonyl (C=O) groups is 1. The molecule has 0 N–H and O–H groups in total. The molecule has 0 amide bonds. The zero-order chi connectivity index (χ0) is 17.4. The van der Waals surface area contributed by atoms with Crippen molar-refractivity contribution in [1.82, 2.24) is 0 Å². The number of thioether (sulfide) groups is 1. The number of benzene rings is 1. The highest BCUT2D eigenvalue weighted by atomic mass is 32.2. The van der Waals surface area contributed by atoms with Gasteiger partial charge < -0.3 is 9.47 Å². The second-order valence-corrected chi connectivity index (χ2v) is 7.52. The van der Waals surface area contributed by atoms with Gasteiger partial charge in [0, 0.05) is 35.5 Å². The van der Waals surface area contributed by atoms with E-state index in [0.717, 1.165) is 25.0 Å². The van der Waals surface area contributed by atoms with E-state index in [0.29, 0.717) is 18.6 Å². The molecule has 1 aliphatic carbocycles. The van der Waals surface area contributed by atoms with E-state index < -0.39 is 0 Å². The quantitative estimate of drug-likeness (QED) is 0.496. The Kier molecular flexibility index (Phi) is 7.86. The van der Waals surface area contributed by atoms with Crippen molar-refractivity contribution in [1.29, 1.82) is 0 Å². The lowest BCUT2D eigenvalue weighted by Crippen LogP contribution is -2.38. The summed E-state index contributed by atoms with van der Waals surface area (Å²) in [5.41, 5.74) is 1.15. The minimum absolute atomic E-state index is 0.143. The number of ketones is 1. The third kappa shape index (κ3) is 5.38. The minimum Gasteiger partial charge on any atom is -0.504 e. The highest BCUT2D eigenvalue weighted by Crippen LogP contribution is 2.40. The highest BCUT2D eigenvalue weighted by molar-refractivity contribution is 8.00. The van der Waals surface area contributed by atoms with Crippen LogP contribution in [0.2, 0.25) is 0 Å². The average Bonchev–Trinajstić information content (AvgIpc) is 2.59. The van der Waals surface area contributed by atoms with Gasteiger partial charge in [0.15, 0.2) is 0 Å². The first-order chi connectivity index (χ1) is 11.7. The Balaban J connectivity index is 2.24. The van der Waals surface area contributed by atoms with E-state index in [1.165, 1.54) is 4.90 Å². The van der Waals surface area contributed by atoms with Crippen LogP contribution in [-0.4, -0.2) is 30.9 Å². The normalized spacial score (nSPS) is 23.1. The van der Waals surface area contributed by atoms with Crippen molar-refractivity contribution in [3.8, 4) is 0 Å². The van der Waals surface area contributed by atoms with E-state index in [1.807, 2.05) is 18.2 Å². The first kappa shape index (κ1) is 19.1. The molecule has 3 atom stereocenters. The van der Waals surface area contributed by atoms with Crippen molar-refractivity contribution in [3.63, 3.8) is 0 Å². The molecule has 1 saturated carbocycles. The standard InChI is InChI=1S/C20H28O3S/c1-4-12-23-19-11-10-16(21)13-18(19)20(15(2)14-22-3)24-17-8-6-5-7-9-17/h5-9,14,18-20H,4,10-13H2,1-3H3. The van der Waals surface area contributed by atoms with E-state index >= 15 is 0 Å². The maximum atomic E-state index is 12.1. The maximum absolute atomic E-state index is 12.1. The topological polar surface area (TPSA) is 35.5 Å². The molecule has 1 aliphatic rings. The second-order valence-electron chi connectivity index (χ2n) is 6.30. The molecule has 2 rings (SSSR count). The van der Waals surface area contributed by atoms with Crippen LogP contribution in [0, 0.1) is 5.92 Å². The SMILES string of the molecule is CCCOC1CCC(=O)CC1C(Sc1ccccc1)C(C)=COC. The first-order valence-corrected chi connectivity index (χ1v) is 9.58. The van der Waals surface area contributed by atoms with Gasteiger partial charge in [0.05, 0.1) is 19.5 Å². The van der Waals surface area contributed by atoms with Crippen molar-refractivity contribution in [2.24, 2.45) is 5.92 Å². The molecule has 3 nitrogen and oxygen atoms in total. The summed E-state index contributed by atoms with van der Waals surface area (Å²) in [7, 11) is 1.67. The van der Waals surface area contributed by atoms with Gasteiger partial charge in [-0.15, -0.1) is 11.8 Å². The van der Waals surface area contributed by atoms with Crippen LogP contribution in [0.1, 0.15) is 39.5 Å². The Labute approximate surface area is 149 Å². The Morgan fingerprint density at radius 1 is 1.38 bits per heavy atom. The van der Waals surface area contributed by atoms with Crippen molar-refractivity contribution in [2.45, 2.75) is 55.8 Å². The van der Waals surface area contributed by atoms with Crippen molar-refractivity contribution in [2.75, 3.05) is 13.7 Å². The number of hydrogen-bond donors (Lipinski definition) is 0. The van der Waals surface area contributed by atoms with Crippen LogP contribution < -0.4 is 0 Å². The Morgan fingerprint density at radius 2 is 2.12 bits per heavy atom. The molecule has 0 radical (unpaired) electrons. The third-order valence-corrected chi connectivity index (χ3v) is 5.85. The minimum atomic E-state index is 0.143. The summed E-state index contributed by atoms with van der Waals surface area (Å²) in [6.07, 6.45) is 5.00. The molecule has 0 aliphatic heterocycles. The lowest BCUT2D eigenvalue weighted by Gasteiger charge is -2.36. The summed E-state index contributed by atoms with van der Waals surface area (Å²) in [4.78, 5) is 13.3. The van der Waals surface area contributed by atoms with Crippen molar-refractivity contribution in [3.05, 3.63) is 42.2 Å². The van der Waals surface area contributed by atoms with Gasteiger partial charge in [-0.3, -0.25) is 4.79 Å². The van der Waals surface area contributed by atoms with Gasteiger partial charge in [0.25, 0.3) is 0 Å². The number of ether oxygens (including phenoxy) is 2. The molecule has 0 spiro atoms. The van der Waals surface area contributed by atoms with Crippen LogP contribution in [0.5, 0.6) is 0 Å². The number of methoxy groups -OCH3 is 1. The molecule has 1 aromatic carbocycles. The lowest BCUT2D eigenvalue weighted by atomic mass is 9.81. The summed E-state index contributed by atoms with van der Waals surface area (Å²) in [5.74, 6) is 0.537. The summed E-state index contributed by atoms with van der Waals surface area (Å²) in [5, 5.41) is 0.179. The molecular weight excluding hydrogens is 320 g/mol. The zero-order valence-electron chi connectivity index (χ0n) is 14.9. The van der Waals surface area contributed by atoms with Gasteiger partial charge in [0.1, 0.15) is 5.78 Å². The van der Waals surface area contributed by atoms with E-state index in [-0.39, 0.29) is 17.3 Å². The zero-order valence-corrected chi connectivity index (χ0v) is 15.7. The summed E-state index contributed by atoms with van der Waals surface area (Å²) in [6, 6.07) is 10.3. The number of carbonyl (C=O) groups excluding carboxylic acids is 1. The molecule has 0 heterocycles. The molecule has 1 fully saturated rings. The van der Waals surface area contributed by atoms with Gasteiger partial charge in [-0.25, -0.2) is 0 Å². The van der Waals surface area contributed by atoms with E-state index in [9.17, 15) is 4.79 Å². The van der Waals surface area contributed by atoms with Gasteiger partial charge in [0.2, 0.25) is 0 Å². The van der Waals surface area contributed by atoms with E-state index in [4.69, 9.17) is 9.47 Å². The Hall–Kier alpha value is -1.26. The third-order valence-electron chi connectivity index (χ3n) is 4.33. The van der Waals surface area contributed by atoms with Crippen LogP contribution in [0.15, 0.2) is 47.1 Å². The Bertz CT molecular complexity index is 541. The molecule has 132 valence electrons. The van der Waals surface area contributed by atoms with E-state index in [1.54, 1.807) is 25.1 Å². The van der Waals surface area contributed by atoms with Crippen molar-refractivity contribution < 1.29 is 14.3 Å². The largest absolute Gasteiger partial charge is 0.504 e. The molecule has 24 heavy (non-hydrogen) atoms. The fourth-order valence-electron chi connectivity index (χ4n) is 3.21.